The first-order chi connectivity index (χ1) is 9.70. The number of nitrogens with one attached hydrogen (secondary N) is 1. The Morgan fingerprint density at radius 1 is 1.50 bits per heavy atom. The van der Waals surface area contributed by atoms with Crippen LogP contribution in [0.2, 0.25) is 0 Å². The summed E-state index contributed by atoms with van der Waals surface area (Å²) in [4.78, 5) is 0. The van der Waals surface area contributed by atoms with Crippen molar-refractivity contribution in [1.82, 2.24) is 5.32 Å². The molecule has 2 unspecified atom stereocenters. The molecule has 1 saturated heterocycles. The zero-order chi connectivity index (χ0) is 14.4. The van der Waals surface area contributed by atoms with E-state index in [2.05, 4.69) is 28.2 Å². The van der Waals surface area contributed by atoms with Crippen LogP contribution in [-0.4, -0.2) is 39.0 Å². The molecule has 0 amide bonds. The van der Waals surface area contributed by atoms with E-state index in [4.69, 9.17) is 14.2 Å². The van der Waals surface area contributed by atoms with Crippen LogP contribution in [0.1, 0.15) is 19.8 Å². The minimum absolute atomic E-state index is 0.350. The molecule has 1 aliphatic rings. The molecular weight excluding hydrogens is 322 g/mol. The second kappa shape index (κ2) is 7.86. The van der Waals surface area contributed by atoms with Crippen molar-refractivity contribution in [3.05, 3.63) is 22.7 Å². The Bertz CT molecular complexity index is 422. The molecule has 0 aliphatic carbocycles. The lowest BCUT2D eigenvalue weighted by Crippen LogP contribution is -2.39. The van der Waals surface area contributed by atoms with Crippen molar-refractivity contribution in [3.63, 3.8) is 0 Å². The lowest BCUT2D eigenvalue weighted by molar-refractivity contribution is 0.0824. The standard InChI is InChI=1S/C15H22BrNO3/c1-11(14-4-3-8-19-14)17-7-9-20-15-6-5-12(18-2)10-13(15)16/h5-6,10-11,14,17H,3-4,7-9H2,1-2H3. The monoisotopic (exact) mass is 343 g/mol. The van der Waals surface area contributed by atoms with Crippen LogP contribution in [-0.2, 0) is 4.74 Å². The van der Waals surface area contributed by atoms with E-state index in [-0.39, 0.29) is 0 Å². The Morgan fingerprint density at radius 3 is 3.00 bits per heavy atom. The third kappa shape index (κ3) is 4.36. The van der Waals surface area contributed by atoms with Gasteiger partial charge in [-0.15, -0.1) is 0 Å². The summed E-state index contributed by atoms with van der Waals surface area (Å²) in [6.07, 6.45) is 2.67. The van der Waals surface area contributed by atoms with Crippen molar-refractivity contribution in [2.24, 2.45) is 0 Å². The Kier molecular flexibility index (Phi) is 6.13. The highest BCUT2D eigenvalue weighted by atomic mass is 79.9. The summed E-state index contributed by atoms with van der Waals surface area (Å²) >= 11 is 3.48. The van der Waals surface area contributed by atoms with Gasteiger partial charge >= 0.3 is 0 Å². The predicted octanol–water partition coefficient (Wildman–Crippen LogP) is 2.99. The van der Waals surface area contributed by atoms with Gasteiger partial charge in [-0.1, -0.05) is 0 Å². The molecule has 112 valence electrons. The van der Waals surface area contributed by atoms with Gasteiger partial charge in [0.2, 0.25) is 0 Å². The maximum Gasteiger partial charge on any atom is 0.133 e. The molecule has 0 spiro atoms. The van der Waals surface area contributed by atoms with Gasteiger partial charge in [0.25, 0.3) is 0 Å². The summed E-state index contributed by atoms with van der Waals surface area (Å²) in [5.41, 5.74) is 0. The topological polar surface area (TPSA) is 39.7 Å². The molecular formula is C15H22BrNO3. The average molecular weight is 344 g/mol. The minimum atomic E-state index is 0.350. The summed E-state index contributed by atoms with van der Waals surface area (Å²) in [7, 11) is 1.65. The molecule has 0 radical (unpaired) electrons. The molecule has 20 heavy (non-hydrogen) atoms. The van der Waals surface area contributed by atoms with E-state index in [0.29, 0.717) is 18.8 Å². The van der Waals surface area contributed by atoms with Crippen LogP contribution in [0.15, 0.2) is 22.7 Å². The van der Waals surface area contributed by atoms with Gasteiger partial charge in [0.05, 0.1) is 17.7 Å². The first-order valence-electron chi connectivity index (χ1n) is 7.02. The molecule has 1 N–H and O–H groups in total. The van der Waals surface area contributed by atoms with Crippen molar-refractivity contribution < 1.29 is 14.2 Å². The van der Waals surface area contributed by atoms with Crippen molar-refractivity contribution in [1.29, 1.82) is 0 Å². The first-order valence-corrected chi connectivity index (χ1v) is 7.81. The third-order valence-electron chi connectivity index (χ3n) is 3.49. The summed E-state index contributed by atoms with van der Waals surface area (Å²) < 4.78 is 17.5. The van der Waals surface area contributed by atoms with Gasteiger partial charge in [-0.2, -0.15) is 0 Å². The molecule has 1 aliphatic heterocycles. The predicted molar refractivity (Wildman–Crippen MR) is 82.6 cm³/mol. The largest absolute Gasteiger partial charge is 0.497 e. The minimum Gasteiger partial charge on any atom is -0.497 e. The number of rotatable bonds is 7. The van der Waals surface area contributed by atoms with E-state index in [1.807, 2.05) is 18.2 Å². The summed E-state index contributed by atoms with van der Waals surface area (Å²) in [6.45, 7) is 4.49. The van der Waals surface area contributed by atoms with E-state index in [1.165, 1.54) is 6.42 Å². The fourth-order valence-electron chi connectivity index (χ4n) is 2.30. The van der Waals surface area contributed by atoms with Crippen LogP contribution in [0, 0.1) is 0 Å². The van der Waals surface area contributed by atoms with Crippen molar-refractivity contribution in [3.8, 4) is 11.5 Å². The normalized spacial score (nSPS) is 19.9. The van der Waals surface area contributed by atoms with Gasteiger partial charge in [0.1, 0.15) is 18.1 Å². The third-order valence-corrected chi connectivity index (χ3v) is 4.11. The number of halogens is 1. The van der Waals surface area contributed by atoms with E-state index in [0.717, 1.165) is 35.5 Å². The Morgan fingerprint density at radius 2 is 2.35 bits per heavy atom. The first kappa shape index (κ1) is 15.6. The van der Waals surface area contributed by atoms with Gasteiger partial charge < -0.3 is 19.5 Å². The van der Waals surface area contributed by atoms with Crippen molar-refractivity contribution in [2.45, 2.75) is 31.9 Å². The zero-order valence-electron chi connectivity index (χ0n) is 12.0. The lowest BCUT2D eigenvalue weighted by Gasteiger charge is -2.20. The van der Waals surface area contributed by atoms with Gasteiger partial charge in [-0.05, 0) is 53.9 Å². The maximum absolute atomic E-state index is 5.74. The highest BCUT2D eigenvalue weighted by molar-refractivity contribution is 9.10. The van der Waals surface area contributed by atoms with E-state index < -0.39 is 0 Å². The summed E-state index contributed by atoms with van der Waals surface area (Å²) in [5.74, 6) is 1.65. The number of methoxy groups -OCH3 is 1. The summed E-state index contributed by atoms with van der Waals surface area (Å²) in [6, 6.07) is 6.08. The zero-order valence-corrected chi connectivity index (χ0v) is 13.6. The highest BCUT2D eigenvalue weighted by Gasteiger charge is 2.21. The van der Waals surface area contributed by atoms with Crippen molar-refractivity contribution >= 4 is 15.9 Å². The Labute approximate surface area is 128 Å². The summed E-state index contributed by atoms with van der Waals surface area (Å²) in [5, 5.41) is 3.45. The van der Waals surface area contributed by atoms with Crippen LogP contribution >= 0.6 is 15.9 Å². The number of hydrogen-bond acceptors (Lipinski definition) is 4. The van der Waals surface area contributed by atoms with E-state index in [1.54, 1.807) is 7.11 Å². The van der Waals surface area contributed by atoms with Gasteiger partial charge in [0, 0.05) is 19.2 Å². The van der Waals surface area contributed by atoms with E-state index >= 15 is 0 Å². The molecule has 2 atom stereocenters. The van der Waals surface area contributed by atoms with E-state index in [9.17, 15) is 0 Å². The molecule has 2 rings (SSSR count). The van der Waals surface area contributed by atoms with Crippen LogP contribution in [0.4, 0.5) is 0 Å². The molecule has 4 nitrogen and oxygen atoms in total. The second-order valence-corrected chi connectivity index (χ2v) is 5.79. The molecule has 5 heteroatoms. The Balaban J connectivity index is 1.70. The molecule has 0 bridgehead atoms. The van der Waals surface area contributed by atoms with Crippen LogP contribution in [0.25, 0.3) is 0 Å². The van der Waals surface area contributed by atoms with Crippen LogP contribution in [0.5, 0.6) is 11.5 Å². The van der Waals surface area contributed by atoms with Crippen LogP contribution < -0.4 is 14.8 Å². The number of hydrogen-bond donors (Lipinski definition) is 1. The fourth-order valence-corrected chi connectivity index (χ4v) is 2.77. The number of benzene rings is 1. The van der Waals surface area contributed by atoms with Crippen molar-refractivity contribution in [2.75, 3.05) is 26.9 Å². The molecule has 1 aromatic rings. The van der Waals surface area contributed by atoms with Gasteiger partial charge in [-0.25, -0.2) is 0 Å². The maximum atomic E-state index is 5.74. The van der Waals surface area contributed by atoms with Gasteiger partial charge in [-0.3, -0.25) is 0 Å². The number of ether oxygens (including phenoxy) is 3. The molecule has 0 aromatic heterocycles. The molecule has 1 aromatic carbocycles. The molecule has 1 heterocycles. The average Bonchev–Trinajstić information content (AvgIpc) is 2.98. The second-order valence-electron chi connectivity index (χ2n) is 4.94. The highest BCUT2D eigenvalue weighted by Crippen LogP contribution is 2.28. The SMILES string of the molecule is COc1ccc(OCCNC(C)C2CCCO2)c(Br)c1. The lowest BCUT2D eigenvalue weighted by atomic mass is 10.1. The molecule has 0 saturated carbocycles. The van der Waals surface area contributed by atoms with Gasteiger partial charge in [0.15, 0.2) is 0 Å². The fraction of sp³-hybridized carbons (Fsp3) is 0.600. The Hall–Kier alpha value is -0.780. The smallest absolute Gasteiger partial charge is 0.133 e. The molecule has 1 fully saturated rings. The quantitative estimate of drug-likeness (QED) is 0.772. The van der Waals surface area contributed by atoms with Crippen LogP contribution in [0.3, 0.4) is 0 Å².